The van der Waals surface area contributed by atoms with Crippen LogP contribution in [0.1, 0.15) is 40.0 Å². The summed E-state index contributed by atoms with van der Waals surface area (Å²) in [7, 11) is 1.59. The summed E-state index contributed by atoms with van der Waals surface area (Å²) in [6, 6.07) is 18.6. The number of benzene rings is 2. The molecule has 0 unspecified atom stereocenters. The molecule has 3 aliphatic rings. The maximum Gasteiger partial charge on any atom is 0.254 e. The average molecular weight is 636 g/mol. The van der Waals surface area contributed by atoms with Gasteiger partial charge in [-0.2, -0.15) is 0 Å². The van der Waals surface area contributed by atoms with Crippen LogP contribution in [0.2, 0.25) is 0 Å². The first kappa shape index (κ1) is 29.6. The number of amides is 2. The molecule has 3 fully saturated rings. The van der Waals surface area contributed by atoms with Gasteiger partial charge in [-0.15, -0.1) is 0 Å². The number of methoxy groups -OCH3 is 1. The Morgan fingerprint density at radius 1 is 0.894 bits per heavy atom. The van der Waals surface area contributed by atoms with Crippen LogP contribution in [0.5, 0.6) is 5.75 Å². The zero-order valence-corrected chi connectivity index (χ0v) is 26.4. The fourth-order valence-corrected chi connectivity index (χ4v) is 7.19. The van der Waals surface area contributed by atoms with E-state index < -0.39 is 12.2 Å². The van der Waals surface area contributed by atoms with E-state index in [0.29, 0.717) is 54.5 Å². The summed E-state index contributed by atoms with van der Waals surface area (Å²) in [5.74, 6) is 1.81. The van der Waals surface area contributed by atoms with Crippen LogP contribution < -0.4 is 10.5 Å². The molecule has 11 heteroatoms. The molecule has 1 aliphatic carbocycles. The minimum absolute atomic E-state index is 0.0146. The highest BCUT2D eigenvalue weighted by Crippen LogP contribution is 2.39. The van der Waals surface area contributed by atoms with Crippen molar-refractivity contribution in [2.45, 2.75) is 44.6 Å². The number of pyridine rings is 1. The van der Waals surface area contributed by atoms with Gasteiger partial charge in [0, 0.05) is 67.4 Å². The van der Waals surface area contributed by atoms with Gasteiger partial charge in [-0.1, -0.05) is 18.2 Å². The van der Waals surface area contributed by atoms with Crippen molar-refractivity contribution in [3.05, 3.63) is 78.0 Å². The maximum absolute atomic E-state index is 14.4. The van der Waals surface area contributed by atoms with Crippen molar-refractivity contribution >= 4 is 33.9 Å². The number of aromatic nitrogens is 4. The second-order valence-corrected chi connectivity index (χ2v) is 13.3. The van der Waals surface area contributed by atoms with Crippen molar-refractivity contribution in [3.63, 3.8) is 0 Å². The molecule has 3 aromatic heterocycles. The molecule has 0 spiro atoms. The standard InChI is InChI=1S/C36H38FN7O3/c1-47-31-14-26(36(46)42-20-27(37)15-28(38)21-42)12-29-32(31)44(19-23-16-41(17-23)35(45)24-6-3-2-4-7-24)34(40-29)30-13-25-8-5-11-39-33(25)43(30)18-22-9-10-22/h2-8,11-14,22-23,27-28H,9-10,15-21,38H2,1H3/t27-,28-/m1/s1. The van der Waals surface area contributed by atoms with E-state index in [-0.39, 0.29) is 30.7 Å². The third-order valence-electron chi connectivity index (χ3n) is 9.72. The summed E-state index contributed by atoms with van der Waals surface area (Å²) in [5.41, 5.74) is 10.4. The molecular formula is C36H38FN7O3. The molecule has 2 aromatic carbocycles. The van der Waals surface area contributed by atoms with Gasteiger partial charge in [-0.3, -0.25) is 9.59 Å². The van der Waals surface area contributed by atoms with Crippen LogP contribution >= 0.6 is 0 Å². The van der Waals surface area contributed by atoms with Crippen LogP contribution in [0.4, 0.5) is 4.39 Å². The summed E-state index contributed by atoms with van der Waals surface area (Å²) < 4.78 is 24.8. The lowest BCUT2D eigenvalue weighted by molar-refractivity contribution is 0.0471. The van der Waals surface area contributed by atoms with Crippen LogP contribution in [-0.2, 0) is 13.1 Å². The Morgan fingerprint density at radius 3 is 2.38 bits per heavy atom. The number of nitrogens with zero attached hydrogens (tertiary/aromatic N) is 6. The van der Waals surface area contributed by atoms with Crippen molar-refractivity contribution < 1.29 is 18.7 Å². The van der Waals surface area contributed by atoms with Crippen molar-refractivity contribution in [2.75, 3.05) is 33.3 Å². The Hall–Kier alpha value is -4.77. The van der Waals surface area contributed by atoms with Crippen molar-refractivity contribution in [1.82, 2.24) is 28.9 Å². The molecule has 2 aliphatic heterocycles. The molecule has 5 aromatic rings. The molecule has 0 bridgehead atoms. The summed E-state index contributed by atoms with van der Waals surface area (Å²) >= 11 is 0. The first-order chi connectivity index (χ1) is 22.9. The van der Waals surface area contributed by atoms with Crippen LogP contribution in [0, 0.1) is 11.8 Å². The van der Waals surface area contributed by atoms with Crippen LogP contribution in [0.25, 0.3) is 33.6 Å². The highest BCUT2D eigenvalue weighted by molar-refractivity contribution is 6.00. The molecule has 10 nitrogen and oxygen atoms in total. The Labute approximate surface area is 271 Å². The molecule has 2 saturated heterocycles. The van der Waals surface area contributed by atoms with Crippen LogP contribution in [-0.4, -0.2) is 86.2 Å². The highest BCUT2D eigenvalue weighted by atomic mass is 19.1. The number of piperidine rings is 1. The number of imidazole rings is 1. The third kappa shape index (κ3) is 5.52. The van der Waals surface area contributed by atoms with Crippen molar-refractivity contribution in [3.8, 4) is 17.3 Å². The highest BCUT2D eigenvalue weighted by Gasteiger charge is 2.35. The summed E-state index contributed by atoms with van der Waals surface area (Å²) in [6.07, 6.45) is 3.29. The van der Waals surface area contributed by atoms with E-state index in [1.54, 1.807) is 19.2 Å². The Morgan fingerprint density at radius 2 is 1.64 bits per heavy atom. The van der Waals surface area contributed by atoms with Gasteiger partial charge in [0.15, 0.2) is 5.82 Å². The average Bonchev–Trinajstić information content (AvgIpc) is 3.71. The fourth-order valence-electron chi connectivity index (χ4n) is 7.19. The number of ether oxygens (including phenoxy) is 1. The number of likely N-dealkylation sites (tertiary alicyclic amines) is 2. The van der Waals surface area contributed by atoms with E-state index in [1.807, 2.05) is 47.5 Å². The number of carbonyl (C=O) groups excluding carboxylic acids is 2. The van der Waals surface area contributed by atoms with Gasteiger partial charge in [0.25, 0.3) is 11.8 Å². The topological polar surface area (TPSA) is 112 Å². The number of hydrogen-bond donors (Lipinski definition) is 1. The molecule has 47 heavy (non-hydrogen) atoms. The predicted octanol–water partition coefficient (Wildman–Crippen LogP) is 4.76. The van der Waals surface area contributed by atoms with E-state index >= 15 is 0 Å². The van der Waals surface area contributed by atoms with Gasteiger partial charge in [-0.05, 0) is 67.6 Å². The molecule has 0 radical (unpaired) electrons. The van der Waals surface area contributed by atoms with E-state index in [1.165, 1.54) is 17.7 Å². The number of fused-ring (bicyclic) bond motifs is 2. The number of carbonyl (C=O) groups is 2. The minimum atomic E-state index is -1.16. The van der Waals surface area contributed by atoms with Gasteiger partial charge in [0.1, 0.15) is 23.1 Å². The normalized spacial score (nSPS) is 20.1. The molecule has 8 rings (SSSR count). The number of rotatable bonds is 8. The van der Waals surface area contributed by atoms with E-state index in [2.05, 4.69) is 21.3 Å². The molecule has 2 N–H and O–H groups in total. The second kappa shape index (κ2) is 11.8. The van der Waals surface area contributed by atoms with Gasteiger partial charge in [0.2, 0.25) is 0 Å². The van der Waals surface area contributed by atoms with Crippen LogP contribution in [0.15, 0.2) is 66.9 Å². The Bertz CT molecular complexity index is 1970. The first-order valence-corrected chi connectivity index (χ1v) is 16.4. The molecule has 5 heterocycles. The number of alkyl halides is 1. The molecule has 242 valence electrons. The number of halogens is 1. The summed E-state index contributed by atoms with van der Waals surface area (Å²) in [4.78, 5) is 40.1. The monoisotopic (exact) mass is 635 g/mol. The molecule has 1 saturated carbocycles. The summed E-state index contributed by atoms with van der Waals surface area (Å²) in [5, 5.41) is 1.04. The lowest BCUT2D eigenvalue weighted by Crippen LogP contribution is -2.51. The quantitative estimate of drug-likeness (QED) is 0.263. The predicted molar refractivity (Wildman–Crippen MR) is 177 cm³/mol. The Kier molecular flexibility index (Phi) is 7.43. The maximum atomic E-state index is 14.4. The molecule has 2 amide bonds. The van der Waals surface area contributed by atoms with Crippen molar-refractivity contribution in [2.24, 2.45) is 17.6 Å². The first-order valence-electron chi connectivity index (χ1n) is 16.4. The molecular weight excluding hydrogens is 597 g/mol. The van der Waals surface area contributed by atoms with E-state index in [4.69, 9.17) is 20.4 Å². The SMILES string of the molecule is COc1cc(C(=O)N2C[C@H](N)C[C@@H](F)C2)cc2nc(-c3cc4cccnc4n3CC3CC3)n(CC3CN(C(=O)c4ccccc4)C3)c12. The van der Waals surface area contributed by atoms with Gasteiger partial charge in [-0.25, -0.2) is 14.4 Å². The van der Waals surface area contributed by atoms with E-state index in [9.17, 15) is 14.0 Å². The van der Waals surface area contributed by atoms with Crippen LogP contribution in [0.3, 0.4) is 0 Å². The van der Waals surface area contributed by atoms with Gasteiger partial charge in [0.05, 0.1) is 24.9 Å². The van der Waals surface area contributed by atoms with E-state index in [0.717, 1.165) is 34.6 Å². The zero-order chi connectivity index (χ0) is 32.2. The Balaban J connectivity index is 1.20. The third-order valence-corrected chi connectivity index (χ3v) is 9.72. The van der Waals surface area contributed by atoms with Gasteiger partial charge < -0.3 is 29.4 Å². The lowest BCUT2D eigenvalue weighted by atomic mass is 9.98. The minimum Gasteiger partial charge on any atom is -0.494 e. The fraction of sp³-hybridized carbons (Fsp3) is 0.389. The number of hydrogen-bond acceptors (Lipinski definition) is 6. The zero-order valence-electron chi connectivity index (χ0n) is 26.4. The number of nitrogens with two attached hydrogens (primary N) is 1. The smallest absolute Gasteiger partial charge is 0.254 e. The summed E-state index contributed by atoms with van der Waals surface area (Å²) in [6.45, 7) is 3.02. The van der Waals surface area contributed by atoms with Crippen molar-refractivity contribution in [1.29, 1.82) is 0 Å². The van der Waals surface area contributed by atoms with Gasteiger partial charge >= 0.3 is 0 Å². The largest absolute Gasteiger partial charge is 0.494 e. The second-order valence-electron chi connectivity index (χ2n) is 13.3. The molecule has 2 atom stereocenters. The lowest BCUT2D eigenvalue weighted by Gasteiger charge is -2.39.